The Kier molecular flexibility index (Phi) is 3.46. The van der Waals surface area contributed by atoms with Crippen molar-refractivity contribution < 1.29 is 14.9 Å². The van der Waals surface area contributed by atoms with E-state index in [1.54, 1.807) is 6.08 Å². The van der Waals surface area contributed by atoms with E-state index in [2.05, 4.69) is 4.98 Å². The van der Waals surface area contributed by atoms with Crippen molar-refractivity contribution in [2.24, 2.45) is 0 Å². The van der Waals surface area contributed by atoms with Crippen LogP contribution in [-0.4, -0.2) is 45.7 Å². The first kappa shape index (κ1) is 12.7. The third-order valence-electron chi connectivity index (χ3n) is 2.92. The van der Waals surface area contributed by atoms with Gasteiger partial charge < -0.3 is 14.9 Å². The summed E-state index contributed by atoms with van der Waals surface area (Å²) in [5.74, 6) is 0. The Bertz CT molecular complexity index is 573. The molecule has 0 saturated carbocycles. The van der Waals surface area contributed by atoms with Crippen LogP contribution in [0.15, 0.2) is 33.5 Å². The summed E-state index contributed by atoms with van der Waals surface area (Å²) in [6, 6.07) is 0.470. The van der Waals surface area contributed by atoms with Crippen molar-refractivity contribution in [2.45, 2.75) is 18.2 Å². The summed E-state index contributed by atoms with van der Waals surface area (Å²) in [6.07, 6.45) is 0.638. The Balaban J connectivity index is 2.39. The maximum atomic E-state index is 11.6. The monoisotopic (exact) mass is 254 g/mol. The fourth-order valence-electron chi connectivity index (χ4n) is 2.03. The smallest absolute Gasteiger partial charge is 0.328 e. The van der Waals surface area contributed by atoms with Gasteiger partial charge in [0.05, 0.1) is 12.6 Å². The zero-order valence-electron chi connectivity index (χ0n) is 9.74. The second-order valence-electron chi connectivity index (χ2n) is 4.12. The lowest BCUT2D eigenvalue weighted by Crippen LogP contribution is -2.37. The molecule has 1 aromatic rings. The zero-order chi connectivity index (χ0) is 13.3. The summed E-state index contributed by atoms with van der Waals surface area (Å²) in [7, 11) is 1.47. The molecular formula is C11H14N2O5. The molecule has 18 heavy (non-hydrogen) atoms. The fourth-order valence-corrected chi connectivity index (χ4v) is 2.03. The van der Waals surface area contributed by atoms with Gasteiger partial charge in [-0.1, -0.05) is 6.08 Å². The van der Waals surface area contributed by atoms with Gasteiger partial charge in [-0.3, -0.25) is 14.3 Å². The minimum Gasteiger partial charge on any atom is -0.388 e. The molecule has 0 fully saturated rings. The van der Waals surface area contributed by atoms with E-state index in [0.29, 0.717) is 5.57 Å². The van der Waals surface area contributed by atoms with Crippen molar-refractivity contribution in [3.8, 4) is 0 Å². The van der Waals surface area contributed by atoms with Gasteiger partial charge in [-0.2, -0.15) is 0 Å². The van der Waals surface area contributed by atoms with Gasteiger partial charge in [-0.25, -0.2) is 4.79 Å². The third kappa shape index (κ3) is 2.15. The van der Waals surface area contributed by atoms with Gasteiger partial charge in [0.15, 0.2) is 0 Å². The van der Waals surface area contributed by atoms with Crippen LogP contribution in [0.2, 0.25) is 0 Å². The number of aromatic nitrogens is 2. The minimum absolute atomic E-state index is 0.173. The highest BCUT2D eigenvalue weighted by molar-refractivity contribution is 5.23. The molecule has 0 aliphatic heterocycles. The zero-order valence-corrected chi connectivity index (χ0v) is 9.74. The first-order valence-electron chi connectivity index (χ1n) is 5.41. The van der Waals surface area contributed by atoms with Crippen molar-refractivity contribution in [2.75, 3.05) is 13.7 Å². The molecule has 0 bridgehead atoms. The number of aromatic amines is 1. The molecule has 1 aliphatic rings. The number of rotatable bonds is 3. The van der Waals surface area contributed by atoms with Crippen molar-refractivity contribution in [3.63, 3.8) is 0 Å². The number of H-pyrrole nitrogens is 1. The summed E-state index contributed by atoms with van der Waals surface area (Å²) in [4.78, 5) is 24.6. The molecule has 3 N–H and O–H groups in total. The van der Waals surface area contributed by atoms with E-state index < -0.39 is 29.5 Å². The van der Waals surface area contributed by atoms with Gasteiger partial charge >= 0.3 is 5.69 Å². The van der Waals surface area contributed by atoms with E-state index in [4.69, 9.17) is 4.74 Å². The van der Waals surface area contributed by atoms with Crippen LogP contribution in [-0.2, 0) is 4.74 Å². The molecule has 7 nitrogen and oxygen atoms in total. The topological polar surface area (TPSA) is 105 Å². The molecule has 0 unspecified atom stereocenters. The van der Waals surface area contributed by atoms with Gasteiger partial charge in [-0.05, 0) is 5.57 Å². The number of hydrogen-bond acceptors (Lipinski definition) is 5. The summed E-state index contributed by atoms with van der Waals surface area (Å²) < 4.78 is 6.06. The average Bonchev–Trinajstić information content (AvgIpc) is 2.58. The van der Waals surface area contributed by atoms with Crippen LogP contribution in [0.4, 0.5) is 0 Å². The lowest BCUT2D eigenvalue weighted by molar-refractivity contribution is 0.0254. The highest BCUT2D eigenvalue weighted by Crippen LogP contribution is 2.28. The average molecular weight is 254 g/mol. The normalized spacial score (nSPS) is 27.3. The van der Waals surface area contributed by atoms with Crippen LogP contribution in [0.1, 0.15) is 6.04 Å². The first-order valence-corrected chi connectivity index (χ1v) is 5.41. The number of methoxy groups -OCH3 is 1. The second-order valence-corrected chi connectivity index (χ2v) is 4.12. The maximum absolute atomic E-state index is 11.6. The summed E-state index contributed by atoms with van der Waals surface area (Å²) >= 11 is 0. The summed E-state index contributed by atoms with van der Waals surface area (Å²) in [5, 5.41) is 19.7. The molecule has 0 saturated heterocycles. The van der Waals surface area contributed by atoms with Crippen molar-refractivity contribution in [1.82, 2.24) is 9.55 Å². The molecule has 3 atom stereocenters. The van der Waals surface area contributed by atoms with Crippen molar-refractivity contribution in [1.29, 1.82) is 0 Å². The van der Waals surface area contributed by atoms with E-state index in [-0.39, 0.29) is 6.61 Å². The quantitative estimate of drug-likeness (QED) is 0.563. The molecule has 0 radical (unpaired) electrons. The van der Waals surface area contributed by atoms with Gasteiger partial charge in [0.1, 0.15) is 12.2 Å². The van der Waals surface area contributed by atoms with Gasteiger partial charge in [0.2, 0.25) is 0 Å². The third-order valence-corrected chi connectivity index (χ3v) is 2.92. The van der Waals surface area contributed by atoms with Crippen LogP contribution in [0.25, 0.3) is 0 Å². The largest absolute Gasteiger partial charge is 0.388 e. The van der Waals surface area contributed by atoms with E-state index >= 15 is 0 Å². The number of hydrogen-bond donors (Lipinski definition) is 3. The highest BCUT2D eigenvalue weighted by Gasteiger charge is 2.35. The van der Waals surface area contributed by atoms with Crippen LogP contribution in [0.5, 0.6) is 0 Å². The Morgan fingerprint density at radius 3 is 2.78 bits per heavy atom. The predicted octanol–water partition coefficient (Wildman–Crippen LogP) is -1.61. The maximum Gasteiger partial charge on any atom is 0.328 e. The Labute approximate surface area is 102 Å². The fraction of sp³-hybridized carbons (Fsp3) is 0.455. The second kappa shape index (κ2) is 4.89. The molecule has 0 amide bonds. The number of aliphatic hydroxyl groups is 2. The Morgan fingerprint density at radius 1 is 1.44 bits per heavy atom. The standard InChI is InChI=1S/C11H14N2O5/c1-18-5-6-4-7(10(16)9(6)15)13-3-2-8(14)12-11(13)17/h2-4,7,9-10,15-16H,5H2,1H3,(H,12,14,17)/t7-,9-,10+/m1/s1. The molecule has 0 spiro atoms. The van der Waals surface area contributed by atoms with E-state index in [0.717, 1.165) is 4.57 Å². The minimum atomic E-state index is -1.14. The van der Waals surface area contributed by atoms with Crippen molar-refractivity contribution >= 4 is 0 Å². The van der Waals surface area contributed by atoms with Crippen molar-refractivity contribution in [3.05, 3.63) is 44.8 Å². The number of nitrogens with zero attached hydrogens (tertiary/aromatic N) is 1. The molecule has 7 heteroatoms. The highest BCUT2D eigenvalue weighted by atomic mass is 16.5. The lowest BCUT2D eigenvalue weighted by Gasteiger charge is -2.18. The van der Waals surface area contributed by atoms with Crippen LogP contribution in [0.3, 0.4) is 0 Å². The molecule has 1 aromatic heterocycles. The molecular weight excluding hydrogens is 240 g/mol. The Morgan fingerprint density at radius 2 is 2.17 bits per heavy atom. The molecule has 98 valence electrons. The molecule has 0 aromatic carbocycles. The predicted molar refractivity (Wildman–Crippen MR) is 62.3 cm³/mol. The van der Waals surface area contributed by atoms with E-state index in [9.17, 15) is 19.8 Å². The van der Waals surface area contributed by atoms with Gasteiger partial charge in [0.25, 0.3) is 5.56 Å². The molecule has 1 aliphatic carbocycles. The van der Waals surface area contributed by atoms with Gasteiger partial charge in [-0.15, -0.1) is 0 Å². The molecule has 2 rings (SSSR count). The van der Waals surface area contributed by atoms with Crippen LogP contribution >= 0.6 is 0 Å². The summed E-state index contributed by atoms with van der Waals surface area (Å²) in [5.41, 5.74) is -0.632. The van der Waals surface area contributed by atoms with E-state index in [1.807, 2.05) is 0 Å². The molecule has 1 heterocycles. The van der Waals surface area contributed by atoms with Crippen LogP contribution < -0.4 is 11.2 Å². The van der Waals surface area contributed by atoms with Crippen LogP contribution in [0, 0.1) is 0 Å². The number of ether oxygens (including phenoxy) is 1. The number of nitrogens with one attached hydrogen (secondary N) is 1. The number of aliphatic hydroxyl groups excluding tert-OH is 2. The summed E-state index contributed by atoms with van der Waals surface area (Å²) in [6.45, 7) is 0.173. The SMILES string of the molecule is COCC1=C[C@@H](n2ccc(=O)[nH]c2=O)[C@H](O)[C@@H]1O. The Hall–Kier alpha value is -1.70. The first-order chi connectivity index (χ1) is 8.54. The van der Waals surface area contributed by atoms with Gasteiger partial charge in [0, 0.05) is 19.4 Å². The van der Waals surface area contributed by atoms with E-state index in [1.165, 1.54) is 19.4 Å². The lowest BCUT2D eigenvalue weighted by atomic mass is 10.1.